The molecule has 2 heterocycles. The van der Waals surface area contributed by atoms with Gasteiger partial charge in [-0.2, -0.15) is 13.2 Å². The van der Waals surface area contributed by atoms with E-state index in [0.29, 0.717) is 0 Å². The Bertz CT molecular complexity index is 587. The number of nitrogens with zero attached hydrogens (tertiary/aromatic N) is 2. The first-order valence-corrected chi connectivity index (χ1v) is 7.01. The third-order valence-corrected chi connectivity index (χ3v) is 3.48. The Labute approximate surface area is 126 Å². The van der Waals surface area contributed by atoms with Gasteiger partial charge >= 0.3 is 12.1 Å². The minimum Gasteiger partial charge on any atom is -0.459 e. The Morgan fingerprint density at radius 3 is 2.45 bits per heavy atom. The van der Waals surface area contributed by atoms with Crippen molar-refractivity contribution in [2.24, 2.45) is 7.05 Å². The molecule has 1 N–H and O–H groups in total. The van der Waals surface area contributed by atoms with Crippen LogP contribution in [0.3, 0.4) is 0 Å². The molecule has 0 aliphatic carbocycles. The second-order valence-electron chi connectivity index (χ2n) is 6.48. The van der Waals surface area contributed by atoms with Crippen LogP contribution in [-0.4, -0.2) is 27.7 Å². The summed E-state index contributed by atoms with van der Waals surface area (Å²) >= 11 is 0. The van der Waals surface area contributed by atoms with Crippen LogP contribution in [0, 0.1) is 0 Å². The maximum atomic E-state index is 13.0. The van der Waals surface area contributed by atoms with E-state index in [1.54, 1.807) is 27.7 Å². The molecule has 22 heavy (non-hydrogen) atoms. The van der Waals surface area contributed by atoms with Gasteiger partial charge in [0.2, 0.25) is 5.82 Å². The summed E-state index contributed by atoms with van der Waals surface area (Å²) in [5.41, 5.74) is -0.184. The molecule has 1 aliphatic rings. The van der Waals surface area contributed by atoms with Crippen molar-refractivity contribution in [2.75, 3.05) is 6.54 Å². The van der Waals surface area contributed by atoms with E-state index >= 15 is 0 Å². The van der Waals surface area contributed by atoms with Gasteiger partial charge in [0.15, 0.2) is 0 Å². The number of carbonyl (C=O) groups is 1. The molecule has 0 saturated carbocycles. The van der Waals surface area contributed by atoms with Crippen LogP contribution in [0.2, 0.25) is 0 Å². The summed E-state index contributed by atoms with van der Waals surface area (Å²) in [6.45, 7) is 7.09. The van der Waals surface area contributed by atoms with Gasteiger partial charge in [0.1, 0.15) is 11.5 Å². The van der Waals surface area contributed by atoms with Crippen LogP contribution in [0.1, 0.15) is 56.9 Å². The summed E-state index contributed by atoms with van der Waals surface area (Å²) in [4.78, 5) is 16.0. The number of aromatic nitrogens is 2. The zero-order valence-electron chi connectivity index (χ0n) is 13.2. The Morgan fingerprint density at radius 1 is 1.36 bits per heavy atom. The monoisotopic (exact) mass is 319 g/mol. The van der Waals surface area contributed by atoms with Gasteiger partial charge in [-0.15, -0.1) is 0 Å². The fourth-order valence-corrected chi connectivity index (χ4v) is 2.57. The molecule has 1 aromatic heterocycles. The molecule has 0 fully saturated rings. The standard InChI is InChI=1S/C14H20F3N3O2/c1-7-9-10(20(5)12(19-9)14(15,16)17)8(6-18-7)11(21)22-13(2,3)4/h7-8,18H,6H2,1-5H3. The van der Waals surface area contributed by atoms with E-state index in [1.807, 2.05) is 0 Å². The second-order valence-corrected chi connectivity index (χ2v) is 6.48. The highest BCUT2D eigenvalue weighted by molar-refractivity contribution is 5.79. The van der Waals surface area contributed by atoms with Gasteiger partial charge in [-0.1, -0.05) is 0 Å². The van der Waals surface area contributed by atoms with Gasteiger partial charge in [0.25, 0.3) is 0 Å². The molecule has 1 aromatic rings. The highest BCUT2D eigenvalue weighted by Gasteiger charge is 2.43. The van der Waals surface area contributed by atoms with Gasteiger partial charge in [0, 0.05) is 19.6 Å². The zero-order valence-corrected chi connectivity index (χ0v) is 13.2. The molecule has 0 radical (unpaired) electrons. The highest BCUT2D eigenvalue weighted by atomic mass is 19.4. The summed E-state index contributed by atoms with van der Waals surface area (Å²) in [6, 6.07) is -0.351. The average Bonchev–Trinajstić information content (AvgIpc) is 2.66. The van der Waals surface area contributed by atoms with E-state index in [2.05, 4.69) is 10.3 Å². The number of halogens is 3. The number of imidazole rings is 1. The molecule has 8 heteroatoms. The lowest BCUT2D eigenvalue weighted by molar-refractivity contribution is -0.157. The van der Waals surface area contributed by atoms with Crippen molar-refractivity contribution < 1.29 is 22.7 Å². The Morgan fingerprint density at radius 2 is 1.95 bits per heavy atom. The van der Waals surface area contributed by atoms with Gasteiger partial charge in [0.05, 0.1) is 11.4 Å². The average molecular weight is 319 g/mol. The molecule has 0 spiro atoms. The topological polar surface area (TPSA) is 56.1 Å². The van der Waals surface area contributed by atoms with E-state index in [9.17, 15) is 18.0 Å². The predicted molar refractivity (Wildman–Crippen MR) is 73.2 cm³/mol. The SMILES string of the molecule is CC1NCC(C(=O)OC(C)(C)C)c2c1nc(C(F)(F)F)n2C. The van der Waals surface area contributed by atoms with Crippen LogP contribution in [0.15, 0.2) is 0 Å². The number of hydrogen-bond acceptors (Lipinski definition) is 4. The third kappa shape index (κ3) is 3.11. The van der Waals surface area contributed by atoms with E-state index in [1.165, 1.54) is 7.05 Å². The molecule has 2 atom stereocenters. The molecule has 0 saturated heterocycles. The first kappa shape index (κ1) is 16.8. The van der Waals surface area contributed by atoms with Crippen LogP contribution in [0.5, 0.6) is 0 Å². The van der Waals surface area contributed by atoms with Gasteiger partial charge < -0.3 is 14.6 Å². The predicted octanol–water partition coefficient (Wildman–Crippen LogP) is 2.53. The van der Waals surface area contributed by atoms with Crippen LogP contribution in [-0.2, 0) is 22.8 Å². The van der Waals surface area contributed by atoms with E-state index in [0.717, 1.165) is 4.57 Å². The summed E-state index contributed by atoms with van der Waals surface area (Å²) in [5.74, 6) is -2.36. The fourth-order valence-electron chi connectivity index (χ4n) is 2.57. The number of hydrogen-bond donors (Lipinski definition) is 1. The van der Waals surface area contributed by atoms with Crippen molar-refractivity contribution in [1.29, 1.82) is 0 Å². The number of fused-ring (bicyclic) bond motifs is 1. The summed E-state index contributed by atoms with van der Waals surface area (Å²) < 4.78 is 45.4. The lowest BCUT2D eigenvalue weighted by atomic mass is 9.95. The molecule has 124 valence electrons. The van der Waals surface area contributed by atoms with Crippen molar-refractivity contribution in [3.63, 3.8) is 0 Å². The normalized spacial score (nSPS) is 22.4. The first-order valence-electron chi connectivity index (χ1n) is 7.01. The largest absolute Gasteiger partial charge is 0.459 e. The maximum absolute atomic E-state index is 13.0. The van der Waals surface area contributed by atoms with Crippen LogP contribution < -0.4 is 5.32 Å². The summed E-state index contributed by atoms with van der Waals surface area (Å²) in [5, 5.41) is 3.00. The number of carbonyl (C=O) groups excluding carboxylic acids is 1. The van der Waals surface area contributed by atoms with Crippen molar-refractivity contribution >= 4 is 5.97 Å². The minimum absolute atomic E-state index is 0.222. The Kier molecular flexibility index (Phi) is 4.01. The van der Waals surface area contributed by atoms with E-state index in [4.69, 9.17) is 4.74 Å². The number of alkyl halides is 3. The Hall–Kier alpha value is -1.57. The molecule has 2 rings (SSSR count). The maximum Gasteiger partial charge on any atom is 0.449 e. The number of ether oxygens (including phenoxy) is 1. The lowest BCUT2D eigenvalue weighted by Gasteiger charge is -2.29. The van der Waals surface area contributed by atoms with Crippen LogP contribution in [0.25, 0.3) is 0 Å². The van der Waals surface area contributed by atoms with Crippen molar-refractivity contribution in [2.45, 2.75) is 51.4 Å². The van der Waals surface area contributed by atoms with Crippen LogP contribution >= 0.6 is 0 Å². The molecular weight excluding hydrogens is 299 g/mol. The number of esters is 1. The highest BCUT2D eigenvalue weighted by Crippen LogP contribution is 2.36. The summed E-state index contributed by atoms with van der Waals surface area (Å²) in [7, 11) is 1.28. The quantitative estimate of drug-likeness (QED) is 0.808. The molecule has 5 nitrogen and oxygen atoms in total. The number of rotatable bonds is 1. The van der Waals surface area contributed by atoms with Gasteiger partial charge in [-0.25, -0.2) is 4.98 Å². The van der Waals surface area contributed by atoms with Crippen molar-refractivity contribution in [3.8, 4) is 0 Å². The first-order chi connectivity index (χ1) is 9.92. The molecule has 2 unspecified atom stereocenters. The summed E-state index contributed by atoms with van der Waals surface area (Å²) in [6.07, 6.45) is -4.57. The number of nitrogens with one attached hydrogen (secondary N) is 1. The zero-order chi connectivity index (χ0) is 16.9. The lowest BCUT2D eigenvalue weighted by Crippen LogP contribution is -2.39. The Balaban J connectivity index is 2.46. The molecule has 0 aromatic carbocycles. The van der Waals surface area contributed by atoms with Gasteiger partial charge in [-0.05, 0) is 27.7 Å². The molecule has 1 aliphatic heterocycles. The third-order valence-electron chi connectivity index (χ3n) is 3.48. The van der Waals surface area contributed by atoms with Crippen molar-refractivity contribution in [1.82, 2.24) is 14.9 Å². The van der Waals surface area contributed by atoms with Gasteiger partial charge in [-0.3, -0.25) is 4.79 Å². The molecule has 0 bridgehead atoms. The molecule has 0 amide bonds. The fraction of sp³-hybridized carbons (Fsp3) is 0.714. The smallest absolute Gasteiger partial charge is 0.449 e. The second kappa shape index (κ2) is 5.26. The van der Waals surface area contributed by atoms with E-state index in [-0.39, 0.29) is 24.0 Å². The van der Waals surface area contributed by atoms with Crippen molar-refractivity contribution in [3.05, 3.63) is 17.2 Å². The van der Waals surface area contributed by atoms with E-state index < -0.39 is 29.5 Å². The van der Waals surface area contributed by atoms with Crippen LogP contribution in [0.4, 0.5) is 13.2 Å². The molecular formula is C14H20F3N3O2. The minimum atomic E-state index is -4.57.